The van der Waals surface area contributed by atoms with Crippen molar-refractivity contribution in [3.63, 3.8) is 0 Å². The van der Waals surface area contributed by atoms with Crippen molar-refractivity contribution in [2.75, 3.05) is 39.8 Å². The fourth-order valence-electron chi connectivity index (χ4n) is 3.54. The van der Waals surface area contributed by atoms with Crippen LogP contribution < -0.4 is 5.32 Å². The molecule has 2 aromatic rings. The molecule has 2 fully saturated rings. The first-order valence-corrected chi connectivity index (χ1v) is 8.78. The largest absolute Gasteiger partial charge is 0.472 e. The van der Waals surface area contributed by atoms with Gasteiger partial charge in [-0.3, -0.25) is 9.69 Å². The van der Waals surface area contributed by atoms with Crippen molar-refractivity contribution in [3.8, 4) is 0 Å². The van der Waals surface area contributed by atoms with Gasteiger partial charge in [0.2, 0.25) is 5.89 Å². The van der Waals surface area contributed by atoms with Crippen LogP contribution in [0.5, 0.6) is 0 Å². The Hall–Kier alpha value is -1.90. The molecule has 1 unspecified atom stereocenters. The van der Waals surface area contributed by atoms with Crippen LogP contribution in [0.1, 0.15) is 46.9 Å². The van der Waals surface area contributed by atoms with Crippen LogP contribution in [0.25, 0.3) is 0 Å². The molecule has 2 aliphatic rings. The van der Waals surface area contributed by atoms with Crippen LogP contribution in [-0.4, -0.2) is 65.6 Å². The SMILES string of the molecule is CN1CCNCC1c1noc(C2CCN(C(=O)c3ccoc3)CC2)n1.Cl. The lowest BCUT2D eigenvalue weighted by atomic mass is 9.96. The number of carbonyl (C=O) groups excluding carboxylic acids is 1. The van der Waals surface area contributed by atoms with Gasteiger partial charge in [0, 0.05) is 38.6 Å². The minimum absolute atomic E-state index is 0. The lowest BCUT2D eigenvalue weighted by molar-refractivity contribution is 0.0704. The molecule has 8 nitrogen and oxygen atoms in total. The first-order valence-electron chi connectivity index (χ1n) is 8.78. The fraction of sp³-hybridized carbons (Fsp3) is 0.588. The van der Waals surface area contributed by atoms with Crippen molar-refractivity contribution < 1.29 is 13.7 Å². The molecule has 0 spiro atoms. The molecule has 26 heavy (non-hydrogen) atoms. The average molecular weight is 382 g/mol. The Morgan fingerprint density at radius 1 is 1.31 bits per heavy atom. The number of piperazine rings is 1. The zero-order chi connectivity index (χ0) is 17.2. The zero-order valence-electron chi connectivity index (χ0n) is 14.8. The molecule has 0 aliphatic carbocycles. The second-order valence-corrected chi connectivity index (χ2v) is 6.77. The molecule has 2 aromatic heterocycles. The maximum absolute atomic E-state index is 12.4. The third-order valence-corrected chi connectivity index (χ3v) is 5.17. The molecule has 1 amide bonds. The first kappa shape index (κ1) is 18.9. The van der Waals surface area contributed by atoms with Crippen molar-refractivity contribution in [2.45, 2.75) is 24.8 Å². The van der Waals surface area contributed by atoms with Gasteiger partial charge in [-0.05, 0) is 26.0 Å². The maximum atomic E-state index is 12.4. The smallest absolute Gasteiger partial charge is 0.257 e. The van der Waals surface area contributed by atoms with Crippen molar-refractivity contribution >= 4 is 18.3 Å². The van der Waals surface area contributed by atoms with E-state index in [0.717, 1.165) is 38.3 Å². The van der Waals surface area contributed by atoms with Gasteiger partial charge in [0.05, 0.1) is 17.9 Å². The van der Waals surface area contributed by atoms with E-state index in [4.69, 9.17) is 8.94 Å². The Bertz CT molecular complexity index is 712. The van der Waals surface area contributed by atoms with Crippen LogP contribution in [0.4, 0.5) is 0 Å². The summed E-state index contributed by atoms with van der Waals surface area (Å²) in [5, 5.41) is 7.57. The number of amides is 1. The summed E-state index contributed by atoms with van der Waals surface area (Å²) in [6.07, 6.45) is 4.69. The lowest BCUT2D eigenvalue weighted by Gasteiger charge is -2.31. The van der Waals surface area contributed by atoms with Crippen molar-refractivity contribution in [3.05, 3.63) is 35.9 Å². The van der Waals surface area contributed by atoms with Crippen LogP contribution in [0.15, 0.2) is 27.5 Å². The molecule has 1 atom stereocenters. The van der Waals surface area contributed by atoms with E-state index in [1.165, 1.54) is 12.5 Å². The number of nitrogens with one attached hydrogen (secondary N) is 1. The molecule has 2 aliphatic heterocycles. The Morgan fingerprint density at radius 3 is 2.81 bits per heavy atom. The van der Waals surface area contributed by atoms with E-state index in [-0.39, 0.29) is 30.3 Å². The summed E-state index contributed by atoms with van der Waals surface area (Å²) in [5.74, 6) is 1.69. The van der Waals surface area contributed by atoms with E-state index in [2.05, 4.69) is 27.4 Å². The Labute approximate surface area is 158 Å². The van der Waals surface area contributed by atoms with Gasteiger partial charge in [0.25, 0.3) is 5.91 Å². The standard InChI is InChI=1S/C17H23N5O3.ClH/c1-21-8-5-18-10-14(21)15-19-16(25-20-15)12-2-6-22(7-3-12)17(23)13-4-9-24-11-13;/h4,9,11-12,14,18H,2-3,5-8,10H2,1H3;1H. The average Bonchev–Trinajstić information content (AvgIpc) is 3.34. The second kappa shape index (κ2) is 8.20. The van der Waals surface area contributed by atoms with Gasteiger partial charge in [-0.25, -0.2) is 0 Å². The Balaban J connectivity index is 0.00000196. The van der Waals surface area contributed by atoms with E-state index in [1.807, 2.05) is 4.90 Å². The highest BCUT2D eigenvalue weighted by atomic mass is 35.5. The highest BCUT2D eigenvalue weighted by Gasteiger charge is 2.30. The maximum Gasteiger partial charge on any atom is 0.257 e. The van der Waals surface area contributed by atoms with Gasteiger partial charge in [-0.15, -0.1) is 12.4 Å². The number of nitrogens with zero attached hydrogens (tertiary/aromatic N) is 4. The van der Waals surface area contributed by atoms with Crippen LogP contribution in [0, 0.1) is 0 Å². The van der Waals surface area contributed by atoms with Crippen LogP contribution >= 0.6 is 12.4 Å². The molecular formula is C17H24ClN5O3. The predicted molar refractivity (Wildman–Crippen MR) is 96.4 cm³/mol. The van der Waals surface area contributed by atoms with Gasteiger partial charge in [-0.2, -0.15) is 4.98 Å². The van der Waals surface area contributed by atoms with E-state index >= 15 is 0 Å². The fourth-order valence-corrected chi connectivity index (χ4v) is 3.54. The molecule has 4 rings (SSSR count). The zero-order valence-corrected chi connectivity index (χ0v) is 15.6. The van der Waals surface area contributed by atoms with Crippen LogP contribution in [0.3, 0.4) is 0 Å². The number of aromatic nitrogens is 2. The summed E-state index contributed by atoms with van der Waals surface area (Å²) in [7, 11) is 2.08. The monoisotopic (exact) mass is 381 g/mol. The number of likely N-dealkylation sites (N-methyl/N-ethyl adjacent to an activating group) is 1. The van der Waals surface area contributed by atoms with Crippen LogP contribution in [-0.2, 0) is 0 Å². The summed E-state index contributed by atoms with van der Waals surface area (Å²) < 4.78 is 10.5. The number of hydrogen-bond acceptors (Lipinski definition) is 7. The minimum atomic E-state index is 0. The van der Waals surface area contributed by atoms with Gasteiger partial charge < -0.3 is 19.2 Å². The van der Waals surface area contributed by atoms with Crippen molar-refractivity contribution in [2.24, 2.45) is 0 Å². The summed E-state index contributed by atoms with van der Waals surface area (Å²) in [6, 6.07) is 1.86. The molecule has 0 radical (unpaired) electrons. The van der Waals surface area contributed by atoms with Crippen molar-refractivity contribution in [1.29, 1.82) is 0 Å². The molecule has 2 saturated heterocycles. The molecular weight excluding hydrogens is 358 g/mol. The normalized spacial score (nSPS) is 22.2. The minimum Gasteiger partial charge on any atom is -0.472 e. The first-order chi connectivity index (χ1) is 12.2. The van der Waals surface area contributed by atoms with Gasteiger partial charge in [0.15, 0.2) is 5.82 Å². The van der Waals surface area contributed by atoms with Crippen molar-refractivity contribution in [1.82, 2.24) is 25.3 Å². The summed E-state index contributed by atoms with van der Waals surface area (Å²) in [4.78, 5) is 21.1. The molecule has 4 heterocycles. The van der Waals surface area contributed by atoms with E-state index in [1.54, 1.807) is 6.07 Å². The third-order valence-electron chi connectivity index (χ3n) is 5.17. The number of furan rings is 1. The number of carbonyl (C=O) groups is 1. The van der Waals surface area contributed by atoms with Crippen LogP contribution in [0.2, 0.25) is 0 Å². The molecule has 9 heteroatoms. The summed E-state index contributed by atoms with van der Waals surface area (Å²) in [5.41, 5.74) is 0.603. The molecule has 1 N–H and O–H groups in total. The predicted octanol–water partition coefficient (Wildman–Crippen LogP) is 1.68. The topological polar surface area (TPSA) is 87.6 Å². The van der Waals surface area contributed by atoms with Gasteiger partial charge >= 0.3 is 0 Å². The summed E-state index contributed by atoms with van der Waals surface area (Å²) >= 11 is 0. The molecule has 142 valence electrons. The molecule has 0 saturated carbocycles. The van der Waals surface area contributed by atoms with E-state index in [0.29, 0.717) is 24.5 Å². The number of piperidine rings is 1. The number of likely N-dealkylation sites (tertiary alicyclic amines) is 1. The molecule has 0 bridgehead atoms. The number of halogens is 1. The summed E-state index contributed by atoms with van der Waals surface area (Å²) in [6.45, 7) is 4.19. The van der Waals surface area contributed by atoms with Gasteiger partial charge in [-0.1, -0.05) is 5.16 Å². The Kier molecular flexibility index (Phi) is 5.95. The number of rotatable bonds is 3. The lowest BCUT2D eigenvalue weighted by Crippen LogP contribution is -2.44. The van der Waals surface area contributed by atoms with E-state index in [9.17, 15) is 4.79 Å². The second-order valence-electron chi connectivity index (χ2n) is 6.77. The van der Waals surface area contributed by atoms with Gasteiger partial charge in [0.1, 0.15) is 6.26 Å². The third kappa shape index (κ3) is 3.77. The quantitative estimate of drug-likeness (QED) is 0.865. The molecule has 0 aromatic carbocycles. The Morgan fingerprint density at radius 2 is 2.12 bits per heavy atom. The van der Waals surface area contributed by atoms with E-state index < -0.39 is 0 Å². The highest BCUT2D eigenvalue weighted by Crippen LogP contribution is 2.29. The number of hydrogen-bond donors (Lipinski definition) is 1. The highest BCUT2D eigenvalue weighted by molar-refractivity contribution is 5.93.